The first kappa shape index (κ1) is 14.6. The summed E-state index contributed by atoms with van der Waals surface area (Å²) in [6.45, 7) is 4.55. The lowest BCUT2D eigenvalue weighted by molar-refractivity contribution is 0.281. The molecule has 0 aromatic heterocycles. The van der Waals surface area contributed by atoms with Crippen molar-refractivity contribution in [2.75, 3.05) is 0 Å². The van der Waals surface area contributed by atoms with Gasteiger partial charge in [0.1, 0.15) is 12.4 Å². The van der Waals surface area contributed by atoms with Gasteiger partial charge in [0.15, 0.2) is 0 Å². The predicted molar refractivity (Wildman–Crippen MR) is 80.5 cm³/mol. The van der Waals surface area contributed by atoms with Gasteiger partial charge in [-0.25, -0.2) is 0 Å². The van der Waals surface area contributed by atoms with Gasteiger partial charge in [0.2, 0.25) is 0 Å². The molecule has 2 aromatic rings. The summed E-state index contributed by atoms with van der Waals surface area (Å²) in [4.78, 5) is 0. The molecule has 0 spiro atoms. The van der Waals surface area contributed by atoms with Crippen molar-refractivity contribution < 1.29 is 9.84 Å². The molecule has 0 aliphatic heterocycles. The van der Waals surface area contributed by atoms with Gasteiger partial charge >= 0.3 is 0 Å². The van der Waals surface area contributed by atoms with Crippen LogP contribution in [0, 0.1) is 6.92 Å². The molecule has 3 heteroatoms. The van der Waals surface area contributed by atoms with Crippen LogP contribution in [0.15, 0.2) is 42.5 Å². The number of aliphatic hydroxyl groups is 1. The molecule has 2 rings (SSSR count). The van der Waals surface area contributed by atoms with Gasteiger partial charge in [-0.1, -0.05) is 36.4 Å². The van der Waals surface area contributed by atoms with Crippen LogP contribution in [0.4, 0.5) is 0 Å². The fraction of sp³-hybridized carbons (Fsp3) is 0.294. The smallest absolute Gasteiger partial charge is 0.124 e. The minimum Gasteiger partial charge on any atom is -0.489 e. The van der Waals surface area contributed by atoms with E-state index in [1.54, 1.807) is 0 Å². The molecule has 0 saturated heterocycles. The molecule has 0 bridgehead atoms. The van der Waals surface area contributed by atoms with E-state index in [1.807, 2.05) is 56.3 Å². The molecule has 0 unspecified atom stereocenters. The quantitative estimate of drug-likeness (QED) is 0.878. The minimum absolute atomic E-state index is 0.0534. The molecule has 0 saturated carbocycles. The Kier molecular flexibility index (Phi) is 4.77. The van der Waals surface area contributed by atoms with E-state index in [1.165, 1.54) is 0 Å². The van der Waals surface area contributed by atoms with Gasteiger partial charge in [-0.05, 0) is 36.6 Å². The van der Waals surface area contributed by atoms with Crippen LogP contribution in [0.1, 0.15) is 35.2 Å². The zero-order chi connectivity index (χ0) is 14.5. The highest BCUT2D eigenvalue weighted by Gasteiger charge is 2.08. The fourth-order valence-corrected chi connectivity index (χ4v) is 2.04. The number of nitrogens with two attached hydrogens (primary N) is 1. The molecular weight excluding hydrogens is 250 g/mol. The van der Waals surface area contributed by atoms with E-state index in [-0.39, 0.29) is 12.6 Å². The summed E-state index contributed by atoms with van der Waals surface area (Å²) in [5.41, 5.74) is 10.1. The van der Waals surface area contributed by atoms with E-state index in [9.17, 15) is 0 Å². The number of hydrogen-bond donors (Lipinski definition) is 2. The zero-order valence-electron chi connectivity index (χ0n) is 12.0. The second kappa shape index (κ2) is 6.55. The maximum atomic E-state index is 9.02. The number of aryl methyl sites for hydroxylation is 1. The average molecular weight is 271 g/mol. The van der Waals surface area contributed by atoms with E-state index in [0.29, 0.717) is 6.61 Å². The van der Waals surface area contributed by atoms with Crippen LogP contribution in [0.25, 0.3) is 0 Å². The van der Waals surface area contributed by atoms with E-state index >= 15 is 0 Å². The summed E-state index contributed by atoms with van der Waals surface area (Å²) in [6, 6.07) is 13.8. The second-order valence-corrected chi connectivity index (χ2v) is 5.09. The Labute approximate surface area is 120 Å². The number of aliphatic hydroxyl groups excluding tert-OH is 1. The average Bonchev–Trinajstić information content (AvgIpc) is 2.45. The number of rotatable bonds is 5. The lowest BCUT2D eigenvalue weighted by Crippen LogP contribution is -2.08. The second-order valence-electron chi connectivity index (χ2n) is 5.09. The first-order valence-electron chi connectivity index (χ1n) is 6.77. The van der Waals surface area contributed by atoms with Crippen LogP contribution in [-0.4, -0.2) is 5.11 Å². The number of hydrogen-bond acceptors (Lipinski definition) is 3. The topological polar surface area (TPSA) is 55.5 Å². The molecule has 1 atom stereocenters. The van der Waals surface area contributed by atoms with Gasteiger partial charge in [0, 0.05) is 11.6 Å². The summed E-state index contributed by atoms with van der Waals surface area (Å²) in [5, 5.41) is 9.02. The van der Waals surface area contributed by atoms with E-state index in [0.717, 1.165) is 28.0 Å². The minimum atomic E-state index is -0.0534. The van der Waals surface area contributed by atoms with Gasteiger partial charge in [0.05, 0.1) is 6.61 Å². The van der Waals surface area contributed by atoms with Gasteiger partial charge < -0.3 is 15.6 Å². The van der Waals surface area contributed by atoms with Crippen molar-refractivity contribution in [2.24, 2.45) is 5.73 Å². The van der Waals surface area contributed by atoms with E-state index in [2.05, 4.69) is 0 Å². The molecule has 3 nitrogen and oxygen atoms in total. The SMILES string of the molecule is Cc1ccc([C@H](C)N)c(OCc2ccc(CO)cc2)c1. The van der Waals surface area contributed by atoms with E-state index < -0.39 is 0 Å². The highest BCUT2D eigenvalue weighted by molar-refractivity contribution is 5.39. The van der Waals surface area contributed by atoms with Crippen molar-refractivity contribution in [3.8, 4) is 5.75 Å². The molecule has 2 aromatic carbocycles. The van der Waals surface area contributed by atoms with Crippen LogP contribution in [-0.2, 0) is 13.2 Å². The normalized spacial score (nSPS) is 12.2. The standard InChI is InChI=1S/C17H21NO2/c1-12-3-8-16(13(2)18)17(9-12)20-11-15-6-4-14(10-19)5-7-15/h3-9,13,19H,10-11,18H2,1-2H3/t13-/m0/s1. The highest BCUT2D eigenvalue weighted by atomic mass is 16.5. The van der Waals surface area contributed by atoms with E-state index in [4.69, 9.17) is 15.6 Å². The molecule has 0 fully saturated rings. The lowest BCUT2D eigenvalue weighted by Gasteiger charge is -2.15. The largest absolute Gasteiger partial charge is 0.489 e. The first-order valence-corrected chi connectivity index (χ1v) is 6.77. The molecule has 20 heavy (non-hydrogen) atoms. The molecular formula is C17H21NO2. The van der Waals surface area contributed by atoms with Crippen LogP contribution in [0.2, 0.25) is 0 Å². The van der Waals surface area contributed by atoms with Crippen molar-refractivity contribution in [1.82, 2.24) is 0 Å². The summed E-state index contributed by atoms with van der Waals surface area (Å²) in [6.07, 6.45) is 0. The maximum Gasteiger partial charge on any atom is 0.124 e. The Bertz CT molecular complexity index is 562. The summed E-state index contributed by atoms with van der Waals surface area (Å²) in [5.74, 6) is 0.839. The molecule has 106 valence electrons. The third-order valence-corrected chi connectivity index (χ3v) is 3.26. The molecule has 0 heterocycles. The first-order chi connectivity index (χ1) is 9.60. The number of ether oxygens (including phenoxy) is 1. The molecule has 0 radical (unpaired) electrons. The molecule has 0 amide bonds. The molecule has 0 aliphatic carbocycles. The fourth-order valence-electron chi connectivity index (χ4n) is 2.04. The summed E-state index contributed by atoms with van der Waals surface area (Å²) < 4.78 is 5.90. The predicted octanol–water partition coefficient (Wildman–Crippen LogP) is 3.09. The van der Waals surface area contributed by atoms with Crippen molar-refractivity contribution in [3.63, 3.8) is 0 Å². The Morgan fingerprint density at radius 3 is 2.35 bits per heavy atom. The van der Waals surface area contributed by atoms with Crippen molar-refractivity contribution in [2.45, 2.75) is 33.1 Å². The van der Waals surface area contributed by atoms with Crippen LogP contribution in [0.3, 0.4) is 0 Å². The third-order valence-electron chi connectivity index (χ3n) is 3.26. The van der Waals surface area contributed by atoms with Crippen LogP contribution < -0.4 is 10.5 Å². The monoisotopic (exact) mass is 271 g/mol. The maximum absolute atomic E-state index is 9.02. The lowest BCUT2D eigenvalue weighted by atomic mass is 10.1. The van der Waals surface area contributed by atoms with Gasteiger partial charge in [-0.15, -0.1) is 0 Å². The van der Waals surface area contributed by atoms with Gasteiger partial charge in [-0.2, -0.15) is 0 Å². The Morgan fingerprint density at radius 1 is 1.10 bits per heavy atom. The Morgan fingerprint density at radius 2 is 1.75 bits per heavy atom. The summed E-state index contributed by atoms with van der Waals surface area (Å²) in [7, 11) is 0. The van der Waals surface area contributed by atoms with Crippen LogP contribution in [0.5, 0.6) is 5.75 Å². The van der Waals surface area contributed by atoms with Gasteiger partial charge in [0.25, 0.3) is 0 Å². The van der Waals surface area contributed by atoms with Crippen molar-refractivity contribution >= 4 is 0 Å². The Hall–Kier alpha value is -1.84. The van der Waals surface area contributed by atoms with Crippen molar-refractivity contribution in [3.05, 3.63) is 64.7 Å². The molecule has 0 aliphatic rings. The zero-order valence-corrected chi connectivity index (χ0v) is 12.0. The molecule has 3 N–H and O–H groups in total. The van der Waals surface area contributed by atoms with Crippen molar-refractivity contribution in [1.29, 1.82) is 0 Å². The summed E-state index contributed by atoms with van der Waals surface area (Å²) >= 11 is 0. The third kappa shape index (κ3) is 3.59. The van der Waals surface area contributed by atoms with Crippen LogP contribution >= 0.6 is 0 Å². The van der Waals surface area contributed by atoms with Gasteiger partial charge in [-0.3, -0.25) is 0 Å². The Balaban J connectivity index is 2.11. The highest BCUT2D eigenvalue weighted by Crippen LogP contribution is 2.26. The number of benzene rings is 2.